The van der Waals surface area contributed by atoms with Crippen molar-refractivity contribution in [3.8, 4) is 11.3 Å². The minimum Gasteiger partial charge on any atom is -0.326 e. The highest BCUT2D eigenvalue weighted by Gasteiger charge is 2.32. The molecule has 4 N–H and O–H groups in total. The van der Waals surface area contributed by atoms with Crippen LogP contribution in [0.15, 0.2) is 83.1 Å². The molecule has 0 fully saturated rings. The molecule has 4 rings (SSSR count). The number of aromatic nitrogens is 1. The Morgan fingerprint density at radius 2 is 1.69 bits per heavy atom. The van der Waals surface area contributed by atoms with Gasteiger partial charge in [-0.05, 0) is 35.9 Å². The lowest BCUT2D eigenvalue weighted by Crippen LogP contribution is -2.20. The molecule has 7 nitrogen and oxygen atoms in total. The van der Waals surface area contributed by atoms with E-state index in [0.29, 0.717) is 23.4 Å². The van der Waals surface area contributed by atoms with Gasteiger partial charge in [-0.3, -0.25) is 14.8 Å². The highest BCUT2D eigenvalue weighted by atomic mass is 32.2. The van der Waals surface area contributed by atoms with Gasteiger partial charge in [0.15, 0.2) is 5.13 Å². The van der Waals surface area contributed by atoms with E-state index in [-0.39, 0.29) is 22.1 Å². The third-order valence-electron chi connectivity index (χ3n) is 5.10. The maximum atomic E-state index is 13.4. The maximum absolute atomic E-state index is 13.4. The summed E-state index contributed by atoms with van der Waals surface area (Å²) < 4.78 is 68.0. The SMILES string of the molecule is NCc1ccc(S(=O)(=O)Nc2cc(C(F)(F)F)ccc2C(=O)Nc2nc(-c3ccccc3)cs2)cc1. The molecule has 0 aliphatic rings. The quantitative estimate of drug-likeness (QED) is 0.297. The highest BCUT2D eigenvalue weighted by Crippen LogP contribution is 2.34. The number of carbonyl (C=O) groups is 1. The molecule has 186 valence electrons. The Morgan fingerprint density at radius 3 is 2.33 bits per heavy atom. The van der Waals surface area contributed by atoms with E-state index < -0.39 is 33.4 Å². The predicted octanol–water partition coefficient (Wildman–Crippen LogP) is 5.34. The molecule has 0 aliphatic heterocycles. The normalized spacial score (nSPS) is 11.8. The number of benzene rings is 3. The summed E-state index contributed by atoms with van der Waals surface area (Å²) in [5.41, 5.74) is 5.67. The number of carbonyl (C=O) groups excluding carboxylic acids is 1. The van der Waals surface area contributed by atoms with Crippen LogP contribution in [0.2, 0.25) is 0 Å². The van der Waals surface area contributed by atoms with Crippen LogP contribution in [0.4, 0.5) is 24.0 Å². The Kier molecular flexibility index (Phi) is 7.11. The van der Waals surface area contributed by atoms with Gasteiger partial charge in [-0.15, -0.1) is 11.3 Å². The minimum absolute atomic E-state index is 0.189. The van der Waals surface area contributed by atoms with Crippen LogP contribution in [0.5, 0.6) is 0 Å². The fraction of sp³-hybridized carbons (Fsp3) is 0.0833. The largest absolute Gasteiger partial charge is 0.416 e. The van der Waals surface area contributed by atoms with E-state index in [1.54, 1.807) is 5.38 Å². The Labute approximate surface area is 208 Å². The van der Waals surface area contributed by atoms with Crippen molar-refractivity contribution in [2.75, 3.05) is 10.0 Å². The first-order valence-corrected chi connectivity index (χ1v) is 12.8. The molecule has 0 radical (unpaired) electrons. The zero-order valence-electron chi connectivity index (χ0n) is 18.4. The second-order valence-electron chi connectivity index (χ2n) is 7.57. The van der Waals surface area contributed by atoms with Crippen LogP contribution < -0.4 is 15.8 Å². The number of alkyl halides is 3. The summed E-state index contributed by atoms with van der Waals surface area (Å²) in [4.78, 5) is 17.1. The predicted molar refractivity (Wildman–Crippen MR) is 132 cm³/mol. The summed E-state index contributed by atoms with van der Waals surface area (Å²) >= 11 is 1.12. The highest BCUT2D eigenvalue weighted by molar-refractivity contribution is 7.92. The minimum atomic E-state index is -4.75. The Morgan fingerprint density at radius 1 is 1.00 bits per heavy atom. The van der Waals surface area contributed by atoms with E-state index in [1.807, 2.05) is 30.3 Å². The van der Waals surface area contributed by atoms with E-state index in [1.165, 1.54) is 24.3 Å². The summed E-state index contributed by atoms with van der Waals surface area (Å²) in [6, 6.07) is 16.9. The van der Waals surface area contributed by atoms with Gasteiger partial charge < -0.3 is 5.73 Å². The van der Waals surface area contributed by atoms with E-state index in [9.17, 15) is 26.4 Å². The molecule has 0 saturated heterocycles. The van der Waals surface area contributed by atoms with Crippen LogP contribution in [0.1, 0.15) is 21.5 Å². The second kappa shape index (κ2) is 10.1. The van der Waals surface area contributed by atoms with Crippen LogP contribution in [-0.2, 0) is 22.7 Å². The molecule has 12 heteroatoms. The van der Waals surface area contributed by atoms with Gasteiger partial charge in [0.25, 0.3) is 15.9 Å². The van der Waals surface area contributed by atoms with Crippen LogP contribution in [-0.4, -0.2) is 19.3 Å². The van der Waals surface area contributed by atoms with Crippen LogP contribution in [0.25, 0.3) is 11.3 Å². The summed E-state index contributed by atoms with van der Waals surface area (Å²) in [5.74, 6) is -0.825. The molecule has 3 aromatic carbocycles. The number of amides is 1. The molecule has 1 heterocycles. The van der Waals surface area contributed by atoms with Crippen molar-refractivity contribution in [3.05, 3.63) is 94.9 Å². The van der Waals surface area contributed by atoms with Crippen molar-refractivity contribution in [1.82, 2.24) is 4.98 Å². The number of thiazole rings is 1. The van der Waals surface area contributed by atoms with Gasteiger partial charge >= 0.3 is 6.18 Å². The van der Waals surface area contributed by atoms with Crippen molar-refractivity contribution < 1.29 is 26.4 Å². The van der Waals surface area contributed by atoms with Gasteiger partial charge in [0, 0.05) is 17.5 Å². The topological polar surface area (TPSA) is 114 Å². The first-order valence-electron chi connectivity index (χ1n) is 10.4. The smallest absolute Gasteiger partial charge is 0.326 e. The number of rotatable bonds is 7. The van der Waals surface area contributed by atoms with E-state index in [4.69, 9.17) is 5.73 Å². The molecule has 4 aromatic rings. The van der Waals surface area contributed by atoms with Crippen molar-refractivity contribution in [2.24, 2.45) is 5.73 Å². The monoisotopic (exact) mass is 532 g/mol. The van der Waals surface area contributed by atoms with Gasteiger partial charge in [0.1, 0.15) is 0 Å². The maximum Gasteiger partial charge on any atom is 0.416 e. The number of nitrogens with two attached hydrogens (primary N) is 1. The number of hydrogen-bond acceptors (Lipinski definition) is 6. The van der Waals surface area contributed by atoms with E-state index >= 15 is 0 Å². The van der Waals surface area contributed by atoms with Gasteiger partial charge in [0.05, 0.1) is 27.4 Å². The van der Waals surface area contributed by atoms with Crippen molar-refractivity contribution in [1.29, 1.82) is 0 Å². The average molecular weight is 533 g/mol. The fourth-order valence-electron chi connectivity index (χ4n) is 3.25. The zero-order valence-corrected chi connectivity index (χ0v) is 20.0. The number of anilines is 2. The summed E-state index contributed by atoms with van der Waals surface area (Å²) in [6.45, 7) is 0.189. The third-order valence-corrected chi connectivity index (χ3v) is 7.24. The molecule has 0 atom stereocenters. The molecule has 36 heavy (non-hydrogen) atoms. The van der Waals surface area contributed by atoms with Crippen LogP contribution in [0, 0.1) is 0 Å². The molecule has 0 spiro atoms. The Balaban J connectivity index is 1.65. The van der Waals surface area contributed by atoms with E-state index in [0.717, 1.165) is 23.0 Å². The molecule has 0 bridgehead atoms. The fourth-order valence-corrected chi connectivity index (χ4v) is 5.03. The second-order valence-corrected chi connectivity index (χ2v) is 10.1. The number of hydrogen-bond donors (Lipinski definition) is 3. The number of sulfonamides is 1. The first kappa shape index (κ1) is 25.4. The number of nitrogens with zero attached hydrogens (tertiary/aromatic N) is 1. The van der Waals surface area contributed by atoms with Gasteiger partial charge in [-0.1, -0.05) is 42.5 Å². The van der Waals surface area contributed by atoms with Crippen molar-refractivity contribution in [3.63, 3.8) is 0 Å². The van der Waals surface area contributed by atoms with Crippen LogP contribution >= 0.6 is 11.3 Å². The molecular formula is C24H19F3N4O3S2. The van der Waals surface area contributed by atoms with Crippen molar-refractivity contribution >= 4 is 38.1 Å². The van der Waals surface area contributed by atoms with Gasteiger partial charge in [-0.2, -0.15) is 13.2 Å². The lowest BCUT2D eigenvalue weighted by molar-refractivity contribution is -0.137. The molecule has 1 amide bonds. The van der Waals surface area contributed by atoms with Gasteiger partial charge in [0.2, 0.25) is 0 Å². The van der Waals surface area contributed by atoms with Crippen LogP contribution in [0.3, 0.4) is 0 Å². The van der Waals surface area contributed by atoms with E-state index in [2.05, 4.69) is 15.0 Å². The Bertz CT molecular complexity index is 1490. The number of nitrogens with one attached hydrogen (secondary N) is 2. The summed E-state index contributed by atoms with van der Waals surface area (Å²) in [5, 5.41) is 4.44. The summed E-state index contributed by atoms with van der Waals surface area (Å²) in [6.07, 6.45) is -4.75. The average Bonchev–Trinajstić information content (AvgIpc) is 3.32. The van der Waals surface area contributed by atoms with Crippen molar-refractivity contribution in [2.45, 2.75) is 17.6 Å². The zero-order chi connectivity index (χ0) is 25.9. The third kappa shape index (κ3) is 5.73. The molecule has 0 aliphatic carbocycles. The number of halogens is 3. The molecule has 0 saturated carbocycles. The summed E-state index contributed by atoms with van der Waals surface area (Å²) in [7, 11) is -4.31. The first-order chi connectivity index (χ1) is 17.1. The lowest BCUT2D eigenvalue weighted by Gasteiger charge is -2.15. The lowest BCUT2D eigenvalue weighted by atomic mass is 10.1. The molecular weight excluding hydrogens is 513 g/mol. The molecule has 1 aromatic heterocycles. The Hall–Kier alpha value is -3.74. The molecule has 0 unspecified atom stereocenters. The standard InChI is InChI=1S/C24H19F3N4O3S2/c25-24(26,27)17-8-11-19(20(12-17)31-36(33,34)18-9-6-15(13-28)7-10-18)22(32)30-23-29-21(14-35-23)16-4-2-1-3-5-16/h1-12,14,31H,13,28H2,(H,29,30,32). The van der Waals surface area contributed by atoms with Gasteiger partial charge in [-0.25, -0.2) is 13.4 Å².